The number of piperazine rings is 1. The van der Waals surface area contributed by atoms with Crippen LogP contribution in [0.2, 0.25) is 0 Å². The summed E-state index contributed by atoms with van der Waals surface area (Å²) in [5.74, 6) is 0.334. The second kappa shape index (κ2) is 7.63. The molecule has 1 rings (SSSR count). The van der Waals surface area contributed by atoms with Crippen molar-refractivity contribution in [2.45, 2.75) is 32.6 Å². The number of hydrogen-bond donors (Lipinski definition) is 1. The van der Waals surface area contributed by atoms with Gasteiger partial charge in [-0.25, -0.2) is 0 Å². The molecule has 0 saturated carbocycles. The summed E-state index contributed by atoms with van der Waals surface area (Å²) in [5, 5.41) is 0. The molecule has 0 aromatic carbocycles. The van der Waals surface area contributed by atoms with Crippen LogP contribution in [0, 0.1) is 0 Å². The number of carbonyl (C=O) groups excluding carboxylic acids is 1. The zero-order valence-electron chi connectivity index (χ0n) is 10.5. The maximum absolute atomic E-state index is 11.8. The molecule has 1 fully saturated rings. The van der Waals surface area contributed by atoms with Gasteiger partial charge in [-0.1, -0.05) is 19.8 Å². The Labute approximate surface area is 98.8 Å². The van der Waals surface area contributed by atoms with E-state index in [-0.39, 0.29) is 0 Å². The molecule has 0 unspecified atom stereocenters. The summed E-state index contributed by atoms with van der Waals surface area (Å²) in [5.41, 5.74) is 5.51. The van der Waals surface area contributed by atoms with E-state index in [9.17, 15) is 4.79 Å². The minimum Gasteiger partial charge on any atom is -0.340 e. The smallest absolute Gasteiger partial charge is 0.222 e. The van der Waals surface area contributed by atoms with Crippen molar-refractivity contribution < 1.29 is 4.79 Å². The molecule has 2 N–H and O–H groups in total. The minimum atomic E-state index is 0.334. The van der Waals surface area contributed by atoms with E-state index in [0.29, 0.717) is 12.5 Å². The monoisotopic (exact) mass is 227 g/mol. The summed E-state index contributed by atoms with van der Waals surface area (Å²) in [4.78, 5) is 16.2. The average molecular weight is 227 g/mol. The van der Waals surface area contributed by atoms with E-state index in [4.69, 9.17) is 5.73 Å². The zero-order valence-corrected chi connectivity index (χ0v) is 10.5. The molecule has 0 atom stereocenters. The van der Waals surface area contributed by atoms with Crippen molar-refractivity contribution in [2.24, 2.45) is 5.73 Å². The molecule has 0 spiro atoms. The third-order valence-electron chi connectivity index (χ3n) is 3.16. The molecular formula is C12H25N3O. The highest BCUT2D eigenvalue weighted by atomic mass is 16.2. The van der Waals surface area contributed by atoms with Crippen molar-refractivity contribution in [3.8, 4) is 0 Å². The SMILES string of the molecule is CCCCCC(=O)N1CCN(CCN)CC1. The maximum atomic E-state index is 11.8. The summed E-state index contributed by atoms with van der Waals surface area (Å²) < 4.78 is 0. The van der Waals surface area contributed by atoms with Crippen LogP contribution in [0.3, 0.4) is 0 Å². The van der Waals surface area contributed by atoms with E-state index in [1.807, 2.05) is 4.90 Å². The number of unbranched alkanes of at least 4 members (excludes halogenated alkanes) is 2. The van der Waals surface area contributed by atoms with Crippen LogP contribution in [-0.2, 0) is 4.79 Å². The molecule has 1 saturated heterocycles. The molecule has 0 bridgehead atoms. The number of amides is 1. The van der Waals surface area contributed by atoms with Gasteiger partial charge in [-0.2, -0.15) is 0 Å². The van der Waals surface area contributed by atoms with Crippen molar-refractivity contribution in [2.75, 3.05) is 39.3 Å². The van der Waals surface area contributed by atoms with Gasteiger partial charge in [0.2, 0.25) is 5.91 Å². The topological polar surface area (TPSA) is 49.6 Å². The lowest BCUT2D eigenvalue weighted by Crippen LogP contribution is -2.49. The van der Waals surface area contributed by atoms with Gasteiger partial charge in [0.25, 0.3) is 0 Å². The van der Waals surface area contributed by atoms with Gasteiger partial charge in [0, 0.05) is 45.7 Å². The molecule has 1 amide bonds. The van der Waals surface area contributed by atoms with Crippen LogP contribution < -0.4 is 5.73 Å². The standard InChI is InChI=1S/C12H25N3O/c1-2-3-4-5-12(16)15-10-8-14(7-6-13)9-11-15/h2-11,13H2,1H3. The van der Waals surface area contributed by atoms with Crippen molar-refractivity contribution >= 4 is 5.91 Å². The highest BCUT2D eigenvalue weighted by molar-refractivity contribution is 5.76. The van der Waals surface area contributed by atoms with Gasteiger partial charge in [0.15, 0.2) is 0 Å². The third kappa shape index (κ3) is 4.49. The second-order valence-corrected chi connectivity index (χ2v) is 4.47. The quantitative estimate of drug-likeness (QED) is 0.679. The predicted octanol–water partition coefficient (Wildman–Crippen LogP) is 0.670. The third-order valence-corrected chi connectivity index (χ3v) is 3.16. The molecule has 1 aliphatic heterocycles. The maximum Gasteiger partial charge on any atom is 0.222 e. The second-order valence-electron chi connectivity index (χ2n) is 4.47. The largest absolute Gasteiger partial charge is 0.340 e. The number of rotatable bonds is 6. The van der Waals surface area contributed by atoms with Crippen LogP contribution in [0.5, 0.6) is 0 Å². The van der Waals surface area contributed by atoms with Gasteiger partial charge in [-0.15, -0.1) is 0 Å². The predicted molar refractivity (Wildman–Crippen MR) is 66.2 cm³/mol. The molecule has 1 aliphatic rings. The molecule has 0 aromatic rings. The number of carbonyl (C=O) groups is 1. The first-order chi connectivity index (χ1) is 7.77. The van der Waals surface area contributed by atoms with E-state index in [1.54, 1.807) is 0 Å². The Morgan fingerprint density at radius 3 is 2.44 bits per heavy atom. The summed E-state index contributed by atoms with van der Waals surface area (Å²) in [6, 6.07) is 0. The van der Waals surface area contributed by atoms with Crippen LogP contribution in [0.15, 0.2) is 0 Å². The molecule has 4 nitrogen and oxygen atoms in total. The molecule has 0 aliphatic carbocycles. The van der Waals surface area contributed by atoms with Crippen LogP contribution in [0.25, 0.3) is 0 Å². The van der Waals surface area contributed by atoms with Crippen molar-refractivity contribution in [1.29, 1.82) is 0 Å². The highest BCUT2D eigenvalue weighted by Crippen LogP contribution is 2.06. The minimum absolute atomic E-state index is 0.334. The van der Waals surface area contributed by atoms with Gasteiger partial charge >= 0.3 is 0 Å². The highest BCUT2D eigenvalue weighted by Gasteiger charge is 2.19. The molecule has 94 valence electrons. The summed E-state index contributed by atoms with van der Waals surface area (Å²) in [6.07, 6.45) is 4.11. The lowest BCUT2D eigenvalue weighted by atomic mass is 10.2. The van der Waals surface area contributed by atoms with E-state index in [0.717, 1.165) is 45.6 Å². The number of nitrogens with zero attached hydrogens (tertiary/aromatic N) is 2. The van der Waals surface area contributed by atoms with Crippen LogP contribution in [0.1, 0.15) is 32.6 Å². The van der Waals surface area contributed by atoms with E-state index >= 15 is 0 Å². The number of nitrogens with two attached hydrogens (primary N) is 1. The van der Waals surface area contributed by atoms with Crippen LogP contribution >= 0.6 is 0 Å². The summed E-state index contributed by atoms with van der Waals surface area (Å²) >= 11 is 0. The van der Waals surface area contributed by atoms with Gasteiger partial charge in [-0.05, 0) is 6.42 Å². The first-order valence-electron chi connectivity index (χ1n) is 6.48. The molecule has 1 heterocycles. The molecule has 4 heteroatoms. The van der Waals surface area contributed by atoms with Crippen molar-refractivity contribution in [1.82, 2.24) is 9.80 Å². The normalized spacial score (nSPS) is 17.8. The average Bonchev–Trinajstić information content (AvgIpc) is 2.30. The summed E-state index contributed by atoms with van der Waals surface area (Å²) in [6.45, 7) is 7.56. The molecule has 0 radical (unpaired) electrons. The first kappa shape index (κ1) is 13.5. The fraction of sp³-hybridized carbons (Fsp3) is 0.917. The Hall–Kier alpha value is -0.610. The summed E-state index contributed by atoms with van der Waals surface area (Å²) in [7, 11) is 0. The zero-order chi connectivity index (χ0) is 11.8. The Morgan fingerprint density at radius 1 is 1.19 bits per heavy atom. The van der Waals surface area contributed by atoms with E-state index in [2.05, 4.69) is 11.8 Å². The van der Waals surface area contributed by atoms with E-state index in [1.165, 1.54) is 12.8 Å². The Balaban J connectivity index is 2.17. The molecular weight excluding hydrogens is 202 g/mol. The van der Waals surface area contributed by atoms with Gasteiger partial charge < -0.3 is 10.6 Å². The Kier molecular flexibility index (Phi) is 6.42. The Morgan fingerprint density at radius 2 is 1.88 bits per heavy atom. The van der Waals surface area contributed by atoms with Gasteiger partial charge in [0.05, 0.1) is 0 Å². The Bertz CT molecular complexity index is 200. The van der Waals surface area contributed by atoms with Crippen LogP contribution in [0.4, 0.5) is 0 Å². The lowest BCUT2D eigenvalue weighted by Gasteiger charge is -2.34. The fourth-order valence-corrected chi connectivity index (χ4v) is 2.09. The molecule has 16 heavy (non-hydrogen) atoms. The number of hydrogen-bond acceptors (Lipinski definition) is 3. The van der Waals surface area contributed by atoms with Gasteiger partial charge in [0.1, 0.15) is 0 Å². The van der Waals surface area contributed by atoms with Gasteiger partial charge in [-0.3, -0.25) is 9.69 Å². The lowest BCUT2D eigenvalue weighted by molar-refractivity contribution is -0.133. The molecule has 0 aromatic heterocycles. The first-order valence-corrected chi connectivity index (χ1v) is 6.48. The fourth-order valence-electron chi connectivity index (χ4n) is 2.09. The van der Waals surface area contributed by atoms with Crippen molar-refractivity contribution in [3.05, 3.63) is 0 Å². The van der Waals surface area contributed by atoms with Crippen molar-refractivity contribution in [3.63, 3.8) is 0 Å². The van der Waals surface area contributed by atoms with E-state index < -0.39 is 0 Å². The van der Waals surface area contributed by atoms with Crippen LogP contribution in [-0.4, -0.2) is 55.0 Å².